The number of carbonyl (C=O) groups is 1. The maximum absolute atomic E-state index is 12.6. The molecule has 1 heterocycles. The minimum atomic E-state index is -3.24. The summed E-state index contributed by atoms with van der Waals surface area (Å²) in [4.78, 5) is 14.2. The lowest BCUT2D eigenvalue weighted by molar-refractivity contribution is -0.149. The number of aliphatic hydroxyl groups is 1. The number of ether oxygens (including phenoxy) is 3. The quantitative estimate of drug-likeness (QED) is 0.722. The highest BCUT2D eigenvalue weighted by atomic mass is 32.2. The number of hydrogen-bond donors (Lipinski definition) is 1. The smallest absolute Gasteiger partial charge is 0.224 e. The third-order valence-electron chi connectivity index (χ3n) is 4.29. The van der Waals surface area contributed by atoms with Crippen molar-refractivity contribution in [3.05, 3.63) is 23.8 Å². The first-order chi connectivity index (χ1) is 12.3. The molecule has 1 aromatic rings. The second-order valence-corrected chi connectivity index (χ2v) is 8.38. The summed E-state index contributed by atoms with van der Waals surface area (Å²) in [6, 6.07) is 4.69. The number of methoxy groups -OCH3 is 2. The average Bonchev–Trinajstić information content (AvgIpc) is 2.64. The van der Waals surface area contributed by atoms with Crippen LogP contribution in [-0.2, 0) is 19.4 Å². The van der Waals surface area contributed by atoms with Crippen LogP contribution < -0.4 is 9.47 Å². The van der Waals surface area contributed by atoms with E-state index < -0.39 is 22.0 Å². The fraction of sp³-hybridized carbons (Fsp3) is 0.588. The second-order valence-electron chi connectivity index (χ2n) is 6.12. The highest BCUT2D eigenvalue weighted by Crippen LogP contribution is 2.35. The molecule has 0 aliphatic carbocycles. The van der Waals surface area contributed by atoms with Gasteiger partial charge in [0.2, 0.25) is 5.91 Å². The van der Waals surface area contributed by atoms with Crippen molar-refractivity contribution >= 4 is 15.7 Å². The lowest BCUT2D eigenvalue weighted by Crippen LogP contribution is -2.49. The van der Waals surface area contributed by atoms with Crippen LogP contribution in [0.4, 0.5) is 0 Å². The van der Waals surface area contributed by atoms with Gasteiger partial charge in [0.1, 0.15) is 15.9 Å². The maximum atomic E-state index is 12.6. The Morgan fingerprint density at radius 1 is 1.31 bits per heavy atom. The van der Waals surface area contributed by atoms with Crippen LogP contribution in [0.5, 0.6) is 11.5 Å². The molecule has 146 valence electrons. The number of hydrogen-bond acceptors (Lipinski definition) is 7. The Balaban J connectivity index is 2.33. The van der Waals surface area contributed by atoms with Crippen molar-refractivity contribution in [2.24, 2.45) is 0 Å². The standard InChI is InChI=1S/C17H25NO7S/c1-23-13-5-4-12(10-14(13)24-2)17-15(11-19)25-8-7-18(17)16(20)6-9-26(3,21)22/h4-5,10,15,17,19H,6-9,11H2,1-3H3/t15-,17-/m0/s1. The summed E-state index contributed by atoms with van der Waals surface area (Å²) in [5, 5.41) is 9.69. The number of sulfone groups is 1. The van der Waals surface area contributed by atoms with Gasteiger partial charge < -0.3 is 24.2 Å². The zero-order valence-corrected chi connectivity index (χ0v) is 16.0. The van der Waals surface area contributed by atoms with E-state index in [1.54, 1.807) is 23.1 Å². The van der Waals surface area contributed by atoms with Crippen molar-refractivity contribution in [3.8, 4) is 11.5 Å². The number of rotatable bonds is 7. The molecule has 1 aromatic carbocycles. The molecule has 0 saturated carbocycles. The van der Waals surface area contributed by atoms with Crippen molar-refractivity contribution in [1.29, 1.82) is 0 Å². The Hall–Kier alpha value is -1.84. The molecule has 0 bridgehead atoms. The monoisotopic (exact) mass is 387 g/mol. The van der Waals surface area contributed by atoms with Gasteiger partial charge in [0.05, 0.1) is 39.2 Å². The molecular formula is C17H25NO7S. The molecule has 1 amide bonds. The molecule has 0 radical (unpaired) electrons. The second kappa shape index (κ2) is 8.70. The normalized spacial score (nSPS) is 20.7. The summed E-state index contributed by atoms with van der Waals surface area (Å²) in [5.41, 5.74) is 0.717. The third kappa shape index (κ3) is 4.87. The number of nitrogens with zero attached hydrogens (tertiary/aromatic N) is 1. The summed E-state index contributed by atoms with van der Waals surface area (Å²) in [7, 11) is -0.205. The predicted octanol–water partition coefficient (Wildman–Crippen LogP) is 0.399. The van der Waals surface area contributed by atoms with Gasteiger partial charge in [-0.3, -0.25) is 4.79 Å². The van der Waals surface area contributed by atoms with Crippen LogP contribution in [0.15, 0.2) is 18.2 Å². The van der Waals surface area contributed by atoms with Crippen LogP contribution in [0.3, 0.4) is 0 Å². The highest BCUT2D eigenvalue weighted by molar-refractivity contribution is 7.90. The van der Waals surface area contributed by atoms with Gasteiger partial charge in [-0.15, -0.1) is 0 Å². The highest BCUT2D eigenvalue weighted by Gasteiger charge is 2.36. The minimum Gasteiger partial charge on any atom is -0.493 e. The number of amides is 1. The Bertz CT molecular complexity index is 735. The molecule has 0 unspecified atom stereocenters. The number of carbonyl (C=O) groups excluding carboxylic acids is 1. The van der Waals surface area contributed by atoms with Crippen LogP contribution in [0, 0.1) is 0 Å². The van der Waals surface area contributed by atoms with Crippen LogP contribution >= 0.6 is 0 Å². The molecule has 9 heteroatoms. The Labute approximate surface area is 153 Å². The molecule has 1 aliphatic heterocycles. The number of benzene rings is 1. The van der Waals surface area contributed by atoms with Gasteiger partial charge in [0, 0.05) is 19.2 Å². The molecule has 2 rings (SSSR count). The van der Waals surface area contributed by atoms with Gasteiger partial charge in [-0.25, -0.2) is 8.42 Å². The first-order valence-electron chi connectivity index (χ1n) is 8.22. The van der Waals surface area contributed by atoms with Crippen LogP contribution in [-0.4, -0.2) is 76.4 Å². The van der Waals surface area contributed by atoms with E-state index in [-0.39, 0.29) is 31.3 Å². The van der Waals surface area contributed by atoms with E-state index in [0.29, 0.717) is 23.6 Å². The van der Waals surface area contributed by atoms with Gasteiger partial charge in [-0.1, -0.05) is 6.07 Å². The minimum absolute atomic E-state index is 0.110. The summed E-state index contributed by atoms with van der Waals surface area (Å²) in [6.07, 6.45) is 0.381. The molecule has 2 atom stereocenters. The zero-order chi connectivity index (χ0) is 19.3. The summed E-state index contributed by atoms with van der Waals surface area (Å²) in [6.45, 7) is 0.326. The molecule has 1 fully saturated rings. The molecule has 1 aliphatic rings. The number of morpholine rings is 1. The van der Waals surface area contributed by atoms with Gasteiger partial charge in [-0.05, 0) is 17.7 Å². The lowest BCUT2D eigenvalue weighted by atomic mass is 9.97. The fourth-order valence-corrected chi connectivity index (χ4v) is 3.56. The van der Waals surface area contributed by atoms with E-state index in [2.05, 4.69) is 0 Å². The van der Waals surface area contributed by atoms with Crippen LogP contribution in [0.2, 0.25) is 0 Å². The van der Waals surface area contributed by atoms with E-state index in [4.69, 9.17) is 14.2 Å². The van der Waals surface area contributed by atoms with E-state index in [1.807, 2.05) is 0 Å². The molecule has 26 heavy (non-hydrogen) atoms. The first-order valence-corrected chi connectivity index (χ1v) is 10.3. The van der Waals surface area contributed by atoms with E-state index in [9.17, 15) is 18.3 Å². The third-order valence-corrected chi connectivity index (χ3v) is 5.23. The van der Waals surface area contributed by atoms with E-state index in [1.165, 1.54) is 14.2 Å². The Morgan fingerprint density at radius 3 is 2.58 bits per heavy atom. The molecular weight excluding hydrogens is 362 g/mol. The summed E-state index contributed by atoms with van der Waals surface area (Å²) >= 11 is 0. The molecule has 1 saturated heterocycles. The fourth-order valence-electron chi connectivity index (χ4n) is 3.01. The van der Waals surface area contributed by atoms with E-state index >= 15 is 0 Å². The topological polar surface area (TPSA) is 102 Å². The van der Waals surface area contributed by atoms with Gasteiger partial charge >= 0.3 is 0 Å². The maximum Gasteiger partial charge on any atom is 0.224 e. The van der Waals surface area contributed by atoms with Crippen molar-refractivity contribution in [2.45, 2.75) is 18.6 Å². The van der Waals surface area contributed by atoms with Gasteiger partial charge in [0.25, 0.3) is 0 Å². The van der Waals surface area contributed by atoms with Crippen molar-refractivity contribution < 1.29 is 32.5 Å². The van der Waals surface area contributed by atoms with Crippen molar-refractivity contribution in [2.75, 3.05) is 46.0 Å². The zero-order valence-electron chi connectivity index (χ0n) is 15.2. The first kappa shape index (κ1) is 20.5. The number of aliphatic hydroxyl groups excluding tert-OH is 1. The lowest BCUT2D eigenvalue weighted by Gasteiger charge is -2.41. The van der Waals surface area contributed by atoms with Crippen molar-refractivity contribution in [1.82, 2.24) is 4.90 Å². The van der Waals surface area contributed by atoms with E-state index in [0.717, 1.165) is 6.26 Å². The molecule has 8 nitrogen and oxygen atoms in total. The SMILES string of the molecule is COc1ccc([C@H]2[C@H](CO)OCCN2C(=O)CCS(C)(=O)=O)cc1OC. The van der Waals surface area contributed by atoms with Gasteiger partial charge in [-0.2, -0.15) is 0 Å². The molecule has 1 N–H and O–H groups in total. The Kier molecular flexibility index (Phi) is 6.85. The summed E-state index contributed by atoms with van der Waals surface area (Å²) in [5.74, 6) is 0.530. The van der Waals surface area contributed by atoms with Gasteiger partial charge in [0.15, 0.2) is 11.5 Å². The molecule has 0 aromatic heterocycles. The van der Waals surface area contributed by atoms with Crippen LogP contribution in [0.25, 0.3) is 0 Å². The predicted molar refractivity (Wildman–Crippen MR) is 95.2 cm³/mol. The van der Waals surface area contributed by atoms with Crippen LogP contribution in [0.1, 0.15) is 18.0 Å². The largest absolute Gasteiger partial charge is 0.493 e. The Morgan fingerprint density at radius 2 is 2.00 bits per heavy atom. The summed E-state index contributed by atoms with van der Waals surface area (Å²) < 4.78 is 38.9. The molecule has 0 spiro atoms. The average molecular weight is 387 g/mol. The van der Waals surface area contributed by atoms with Crippen molar-refractivity contribution in [3.63, 3.8) is 0 Å².